The molecule has 0 N–H and O–H groups in total. The Balaban J connectivity index is 2.16. The van der Waals surface area contributed by atoms with E-state index < -0.39 is 0 Å². The largest absolute Gasteiger partial charge is 0.336 e. The lowest BCUT2D eigenvalue weighted by molar-refractivity contribution is 0.0663. The highest BCUT2D eigenvalue weighted by Gasteiger charge is 2.22. The molecule has 2 heterocycles. The second-order valence-electron chi connectivity index (χ2n) is 4.08. The Hall–Kier alpha value is -0.650. The summed E-state index contributed by atoms with van der Waals surface area (Å²) in [6.45, 7) is 3.31. The molecule has 17 heavy (non-hydrogen) atoms. The zero-order valence-electron chi connectivity index (χ0n) is 9.49. The van der Waals surface area contributed by atoms with Gasteiger partial charge in [-0.15, -0.1) is 0 Å². The average Bonchev–Trinajstić information content (AvgIpc) is 2.32. The maximum Gasteiger partial charge on any atom is 0.255 e. The van der Waals surface area contributed by atoms with Crippen LogP contribution in [0.1, 0.15) is 10.4 Å². The van der Waals surface area contributed by atoms with E-state index in [4.69, 9.17) is 11.6 Å². The molecule has 0 bridgehead atoms. The third-order valence-corrected chi connectivity index (χ3v) is 3.68. The monoisotopic (exact) mass is 317 g/mol. The molecule has 0 spiro atoms. The normalized spacial score (nSPS) is 17.2. The van der Waals surface area contributed by atoms with E-state index in [1.807, 2.05) is 4.90 Å². The Kier molecular flexibility index (Phi) is 4.01. The molecule has 1 aromatic heterocycles. The summed E-state index contributed by atoms with van der Waals surface area (Å²) in [5.74, 6) is 0.00859. The molecule has 1 saturated heterocycles. The van der Waals surface area contributed by atoms with Crippen molar-refractivity contribution in [1.29, 1.82) is 0 Å². The quantitative estimate of drug-likeness (QED) is 0.742. The maximum absolute atomic E-state index is 12.3. The van der Waals surface area contributed by atoms with Crippen LogP contribution in [0.25, 0.3) is 0 Å². The van der Waals surface area contributed by atoms with Gasteiger partial charge in [0, 0.05) is 36.8 Å². The summed E-state index contributed by atoms with van der Waals surface area (Å²) in [4.78, 5) is 20.2. The minimum Gasteiger partial charge on any atom is -0.336 e. The fraction of sp³-hybridized carbons (Fsp3) is 0.455. The van der Waals surface area contributed by atoms with Crippen LogP contribution in [0.15, 0.2) is 16.7 Å². The predicted octanol–water partition coefficient (Wildman–Crippen LogP) is 1.89. The molecule has 6 heteroatoms. The van der Waals surface area contributed by atoms with Gasteiger partial charge in [-0.1, -0.05) is 11.6 Å². The minimum absolute atomic E-state index is 0.00859. The van der Waals surface area contributed by atoms with E-state index in [0.29, 0.717) is 15.2 Å². The number of hydrogen-bond acceptors (Lipinski definition) is 3. The lowest BCUT2D eigenvalue weighted by Crippen LogP contribution is -2.47. The molecule has 1 amide bonds. The highest BCUT2D eigenvalue weighted by molar-refractivity contribution is 9.10. The molecule has 2 rings (SSSR count). The van der Waals surface area contributed by atoms with Gasteiger partial charge in [-0.05, 0) is 29.0 Å². The van der Waals surface area contributed by atoms with Gasteiger partial charge in [0.15, 0.2) is 0 Å². The second kappa shape index (κ2) is 5.33. The number of carbonyl (C=O) groups excluding carboxylic acids is 1. The highest BCUT2D eigenvalue weighted by Crippen LogP contribution is 2.21. The lowest BCUT2D eigenvalue weighted by Gasteiger charge is -2.32. The van der Waals surface area contributed by atoms with E-state index in [9.17, 15) is 4.79 Å². The Bertz CT molecular complexity index is 433. The van der Waals surface area contributed by atoms with Gasteiger partial charge in [0.2, 0.25) is 0 Å². The fourth-order valence-electron chi connectivity index (χ4n) is 1.76. The smallest absolute Gasteiger partial charge is 0.255 e. The summed E-state index contributed by atoms with van der Waals surface area (Å²) in [6.07, 6.45) is 1.56. The molecule has 0 saturated carbocycles. The summed E-state index contributed by atoms with van der Waals surface area (Å²) in [6, 6.07) is 1.60. The molecule has 1 aliphatic rings. The number of piperazine rings is 1. The van der Waals surface area contributed by atoms with Crippen molar-refractivity contribution in [3.05, 3.63) is 27.5 Å². The van der Waals surface area contributed by atoms with Crippen LogP contribution in [0.2, 0.25) is 5.15 Å². The average molecular weight is 319 g/mol. The van der Waals surface area contributed by atoms with Crippen LogP contribution in [-0.2, 0) is 0 Å². The van der Waals surface area contributed by atoms with Crippen molar-refractivity contribution in [1.82, 2.24) is 14.8 Å². The van der Waals surface area contributed by atoms with Crippen molar-refractivity contribution in [2.75, 3.05) is 33.2 Å². The zero-order chi connectivity index (χ0) is 12.4. The van der Waals surface area contributed by atoms with Crippen LogP contribution < -0.4 is 0 Å². The van der Waals surface area contributed by atoms with Gasteiger partial charge < -0.3 is 9.80 Å². The molecule has 0 aliphatic carbocycles. The summed E-state index contributed by atoms with van der Waals surface area (Å²) in [5.41, 5.74) is 0.578. The molecule has 0 unspecified atom stereocenters. The minimum atomic E-state index is 0.00859. The van der Waals surface area contributed by atoms with Crippen LogP contribution in [0.3, 0.4) is 0 Å². The molecule has 1 fully saturated rings. The van der Waals surface area contributed by atoms with Crippen molar-refractivity contribution in [3.8, 4) is 0 Å². The van der Waals surface area contributed by atoms with Gasteiger partial charge >= 0.3 is 0 Å². The molecule has 0 radical (unpaired) electrons. The predicted molar refractivity (Wildman–Crippen MR) is 70.3 cm³/mol. The number of hydrogen-bond donors (Lipinski definition) is 0. The van der Waals surface area contributed by atoms with E-state index in [1.54, 1.807) is 12.3 Å². The van der Waals surface area contributed by atoms with E-state index in [0.717, 1.165) is 26.2 Å². The molecule has 1 aromatic rings. The van der Waals surface area contributed by atoms with Crippen LogP contribution in [0.5, 0.6) is 0 Å². The number of nitrogens with zero attached hydrogens (tertiary/aromatic N) is 3. The van der Waals surface area contributed by atoms with Crippen molar-refractivity contribution in [2.24, 2.45) is 0 Å². The molecule has 1 aliphatic heterocycles. The Labute approximate surface area is 114 Å². The van der Waals surface area contributed by atoms with Crippen molar-refractivity contribution in [3.63, 3.8) is 0 Å². The zero-order valence-corrected chi connectivity index (χ0v) is 11.8. The summed E-state index contributed by atoms with van der Waals surface area (Å²) >= 11 is 9.14. The van der Waals surface area contributed by atoms with Crippen molar-refractivity contribution < 1.29 is 4.79 Å². The second-order valence-corrected chi connectivity index (χ2v) is 5.32. The molecule has 4 nitrogen and oxygen atoms in total. The Morgan fingerprint density at radius 3 is 2.71 bits per heavy atom. The highest BCUT2D eigenvalue weighted by atomic mass is 79.9. The van der Waals surface area contributed by atoms with Gasteiger partial charge in [0.05, 0.1) is 5.56 Å². The third-order valence-electron chi connectivity index (χ3n) is 2.84. The van der Waals surface area contributed by atoms with Crippen LogP contribution in [0, 0.1) is 0 Å². The van der Waals surface area contributed by atoms with Crippen molar-refractivity contribution >= 4 is 33.4 Å². The summed E-state index contributed by atoms with van der Waals surface area (Å²) < 4.78 is 0.686. The summed E-state index contributed by atoms with van der Waals surface area (Å²) in [7, 11) is 2.06. The third kappa shape index (κ3) is 2.97. The Morgan fingerprint density at radius 1 is 1.41 bits per heavy atom. The van der Waals surface area contributed by atoms with Crippen LogP contribution in [-0.4, -0.2) is 53.9 Å². The molecule has 92 valence electrons. The van der Waals surface area contributed by atoms with E-state index in [1.165, 1.54) is 0 Å². The number of amides is 1. The SMILES string of the molecule is CN1CCN(C(=O)c2cc(Cl)ncc2Br)CC1. The standard InChI is InChI=1S/C11H13BrClN3O/c1-15-2-4-16(5-3-15)11(17)8-6-10(13)14-7-9(8)12/h6-7H,2-5H2,1H3. The van der Waals surface area contributed by atoms with Crippen molar-refractivity contribution in [2.45, 2.75) is 0 Å². The first-order valence-corrected chi connectivity index (χ1v) is 6.54. The number of aromatic nitrogens is 1. The number of carbonyl (C=O) groups is 1. The molecule has 0 atom stereocenters. The molecular weight excluding hydrogens is 305 g/mol. The maximum atomic E-state index is 12.3. The van der Waals surface area contributed by atoms with Gasteiger partial charge in [0.25, 0.3) is 5.91 Å². The van der Waals surface area contributed by atoms with Crippen LogP contribution in [0.4, 0.5) is 0 Å². The van der Waals surface area contributed by atoms with Gasteiger partial charge in [-0.2, -0.15) is 0 Å². The fourth-order valence-corrected chi connectivity index (χ4v) is 2.30. The molecular formula is C11H13BrClN3O. The number of likely N-dealkylation sites (N-methyl/N-ethyl adjacent to an activating group) is 1. The lowest BCUT2D eigenvalue weighted by atomic mass is 10.2. The van der Waals surface area contributed by atoms with Gasteiger partial charge in [-0.25, -0.2) is 4.98 Å². The van der Waals surface area contributed by atoms with Crippen LogP contribution >= 0.6 is 27.5 Å². The van der Waals surface area contributed by atoms with Gasteiger partial charge in [0.1, 0.15) is 5.15 Å². The van der Waals surface area contributed by atoms with E-state index in [-0.39, 0.29) is 5.91 Å². The number of halogens is 2. The first-order chi connectivity index (χ1) is 8.08. The molecule has 0 aromatic carbocycles. The first-order valence-electron chi connectivity index (χ1n) is 5.37. The summed E-state index contributed by atoms with van der Waals surface area (Å²) in [5, 5.41) is 0.339. The number of rotatable bonds is 1. The van der Waals surface area contributed by atoms with E-state index >= 15 is 0 Å². The Morgan fingerprint density at radius 2 is 2.06 bits per heavy atom. The van der Waals surface area contributed by atoms with E-state index in [2.05, 4.69) is 32.9 Å². The first kappa shape index (κ1) is 12.8. The topological polar surface area (TPSA) is 36.4 Å². The van der Waals surface area contributed by atoms with Gasteiger partial charge in [-0.3, -0.25) is 4.79 Å². The number of pyridine rings is 1.